The number of alkyl halides is 6. The van der Waals surface area contributed by atoms with Crippen LogP contribution in [-0.4, -0.2) is 58.1 Å². The number of hydrogen-bond acceptors (Lipinski definition) is 9. The molecule has 5 aromatic rings. The Kier molecular flexibility index (Phi) is 9.15. The zero-order valence-corrected chi connectivity index (χ0v) is 25.9. The van der Waals surface area contributed by atoms with Gasteiger partial charge in [-0.3, -0.25) is 4.79 Å². The van der Waals surface area contributed by atoms with E-state index in [4.69, 9.17) is 14.6 Å². The molecule has 0 unspecified atom stereocenters. The quantitative estimate of drug-likeness (QED) is 0.157. The number of rotatable bonds is 9. The van der Waals surface area contributed by atoms with Gasteiger partial charge >= 0.3 is 18.3 Å². The third-order valence-corrected chi connectivity index (χ3v) is 8.48. The highest BCUT2D eigenvalue weighted by molar-refractivity contribution is 7.16. The van der Waals surface area contributed by atoms with E-state index in [9.17, 15) is 31.1 Å². The lowest BCUT2D eigenvalue weighted by molar-refractivity contribution is -0.169. The minimum atomic E-state index is -5.38. The third kappa shape index (κ3) is 7.16. The van der Waals surface area contributed by atoms with E-state index in [0.717, 1.165) is 43.6 Å². The van der Waals surface area contributed by atoms with Crippen molar-refractivity contribution in [2.75, 3.05) is 30.4 Å². The van der Waals surface area contributed by atoms with Gasteiger partial charge in [-0.25, -0.2) is 19.5 Å². The smallest absolute Gasteiger partial charge is 0.472 e. The van der Waals surface area contributed by atoms with E-state index >= 15 is 0 Å². The molecule has 1 aliphatic heterocycles. The number of thiazole rings is 1. The number of nitrogens with one attached hydrogen (secondary N) is 2. The van der Waals surface area contributed by atoms with Crippen LogP contribution in [0.5, 0.6) is 17.2 Å². The number of halogens is 6. The number of aromatic nitrogens is 4. The molecule has 4 heterocycles. The summed E-state index contributed by atoms with van der Waals surface area (Å²) in [6.45, 7) is 2.02. The molecular formula is C31H27F6N7O3S. The molecule has 252 valence electrons. The maximum atomic E-state index is 13.5. The summed E-state index contributed by atoms with van der Waals surface area (Å²) in [6.07, 6.45) is -6.43. The minimum absolute atomic E-state index is 0.0804. The van der Waals surface area contributed by atoms with Crippen molar-refractivity contribution >= 4 is 44.9 Å². The summed E-state index contributed by atoms with van der Waals surface area (Å²) in [5.74, 6) is -0.642. The van der Waals surface area contributed by atoms with E-state index in [1.54, 1.807) is 17.9 Å². The van der Waals surface area contributed by atoms with Crippen molar-refractivity contribution in [3.05, 3.63) is 77.4 Å². The molecule has 1 fully saturated rings. The molecule has 17 heteroatoms. The van der Waals surface area contributed by atoms with Crippen LogP contribution in [0.1, 0.15) is 23.3 Å². The van der Waals surface area contributed by atoms with Crippen LogP contribution in [0.4, 0.5) is 43.0 Å². The summed E-state index contributed by atoms with van der Waals surface area (Å²) in [5, 5.41) is 11.4. The number of amides is 1. The molecule has 0 aliphatic carbocycles. The van der Waals surface area contributed by atoms with Crippen molar-refractivity contribution in [3.8, 4) is 17.2 Å². The van der Waals surface area contributed by atoms with Crippen LogP contribution in [0, 0.1) is 0 Å². The molecule has 2 aromatic carbocycles. The molecule has 0 saturated carbocycles. The first-order valence-corrected chi connectivity index (χ1v) is 15.4. The minimum Gasteiger partial charge on any atom is -0.497 e. The van der Waals surface area contributed by atoms with Crippen molar-refractivity contribution in [1.29, 1.82) is 0 Å². The highest BCUT2D eigenvalue weighted by Gasteiger charge is 2.45. The van der Waals surface area contributed by atoms with Gasteiger partial charge in [-0.15, -0.1) is 0 Å². The van der Waals surface area contributed by atoms with E-state index in [2.05, 4.69) is 20.6 Å². The van der Waals surface area contributed by atoms with E-state index < -0.39 is 28.3 Å². The lowest BCUT2D eigenvalue weighted by Gasteiger charge is -2.24. The van der Waals surface area contributed by atoms with Crippen molar-refractivity contribution in [3.63, 3.8) is 0 Å². The zero-order chi connectivity index (χ0) is 34.1. The van der Waals surface area contributed by atoms with Crippen LogP contribution in [0.15, 0.2) is 67.0 Å². The third-order valence-electron chi connectivity index (χ3n) is 7.46. The van der Waals surface area contributed by atoms with E-state index in [1.165, 1.54) is 18.3 Å². The van der Waals surface area contributed by atoms with Crippen molar-refractivity contribution in [2.24, 2.45) is 0 Å². The molecule has 48 heavy (non-hydrogen) atoms. The van der Waals surface area contributed by atoms with Crippen LogP contribution in [-0.2, 0) is 17.5 Å². The molecule has 3 aromatic heterocycles. The van der Waals surface area contributed by atoms with Crippen molar-refractivity contribution in [1.82, 2.24) is 25.1 Å². The summed E-state index contributed by atoms with van der Waals surface area (Å²) < 4.78 is 93.2. The number of benzene rings is 2. The number of nitrogens with zero attached hydrogens (tertiary/aromatic N) is 5. The van der Waals surface area contributed by atoms with E-state index in [0.29, 0.717) is 41.1 Å². The van der Waals surface area contributed by atoms with E-state index in [-0.39, 0.29) is 33.7 Å². The topological polar surface area (TPSA) is 106 Å². The fraction of sp³-hybridized carbons (Fsp3) is 0.290. The Bertz CT molecular complexity index is 1890. The summed E-state index contributed by atoms with van der Waals surface area (Å²) in [6, 6.07) is 14.1. The standard InChI is InChI=1S/C31H27F6N7O3S/c1-46-21-8-4-18(5-9-21)17-43-27-25(26(42-43)41-19-3-2-13-38-15-19)23(12-14-39-27)47-22-10-6-20(7-11-22)44(28(45)31(35,36)37)29-40-16-24(48-29)30(32,33)34/h4-12,14,16,19,38H,2-3,13,15,17H2,1H3,(H,41,42)/t19-/m1/s1. The summed E-state index contributed by atoms with van der Waals surface area (Å²) in [5.41, 5.74) is 1.10. The van der Waals surface area contributed by atoms with Crippen LogP contribution >= 0.6 is 11.3 Å². The van der Waals surface area contributed by atoms with Gasteiger partial charge in [0.25, 0.3) is 0 Å². The Morgan fingerprint density at radius 1 is 1.04 bits per heavy atom. The first-order chi connectivity index (χ1) is 22.9. The van der Waals surface area contributed by atoms with Gasteiger partial charge in [-0.05, 0) is 61.3 Å². The first kappa shape index (κ1) is 33.0. The summed E-state index contributed by atoms with van der Waals surface area (Å²) in [7, 11) is 1.58. The number of methoxy groups -OCH3 is 1. The number of anilines is 3. The van der Waals surface area contributed by atoms with E-state index in [1.807, 2.05) is 24.3 Å². The first-order valence-electron chi connectivity index (χ1n) is 14.6. The number of pyridine rings is 1. The SMILES string of the molecule is COc1ccc(Cn2nc(N[C@@H]3CCCNC3)c3c(Oc4ccc(N(C(=O)C(F)(F)F)c5ncc(C(F)(F)F)s5)cc4)ccnc32)cc1. The molecule has 1 atom stereocenters. The zero-order valence-electron chi connectivity index (χ0n) is 25.1. The Morgan fingerprint density at radius 3 is 2.40 bits per heavy atom. The molecule has 0 bridgehead atoms. The van der Waals surface area contributed by atoms with Crippen LogP contribution in [0.3, 0.4) is 0 Å². The second-order valence-corrected chi connectivity index (χ2v) is 11.8. The van der Waals surface area contributed by atoms with Gasteiger partial charge in [0, 0.05) is 24.8 Å². The number of fused-ring (bicyclic) bond motifs is 1. The molecule has 6 rings (SSSR count). The van der Waals surface area contributed by atoms with Crippen LogP contribution in [0.25, 0.3) is 11.0 Å². The largest absolute Gasteiger partial charge is 0.497 e. The Labute approximate surface area is 273 Å². The predicted molar refractivity (Wildman–Crippen MR) is 166 cm³/mol. The average molecular weight is 692 g/mol. The van der Waals surface area contributed by atoms with Gasteiger partial charge in [-0.2, -0.15) is 31.4 Å². The maximum absolute atomic E-state index is 13.5. The number of carbonyl (C=O) groups is 1. The molecule has 1 saturated heterocycles. The van der Waals surface area contributed by atoms with Gasteiger partial charge in [0.15, 0.2) is 16.6 Å². The van der Waals surface area contributed by atoms with Gasteiger partial charge in [0.05, 0.1) is 25.5 Å². The van der Waals surface area contributed by atoms with Gasteiger partial charge in [0.1, 0.15) is 27.5 Å². The second kappa shape index (κ2) is 13.3. The van der Waals surface area contributed by atoms with Gasteiger partial charge in [-0.1, -0.05) is 23.5 Å². The molecule has 1 aliphatic rings. The lowest BCUT2D eigenvalue weighted by atomic mass is 10.1. The molecular weight excluding hydrogens is 664 g/mol. The number of ether oxygens (including phenoxy) is 2. The lowest BCUT2D eigenvalue weighted by Crippen LogP contribution is -2.38. The molecule has 2 N–H and O–H groups in total. The normalized spacial score (nSPS) is 15.4. The van der Waals surface area contributed by atoms with Crippen LogP contribution < -0.4 is 25.0 Å². The Balaban J connectivity index is 1.33. The summed E-state index contributed by atoms with van der Waals surface area (Å²) >= 11 is -0.0804. The average Bonchev–Trinajstić information content (AvgIpc) is 3.69. The molecule has 10 nitrogen and oxygen atoms in total. The molecule has 0 spiro atoms. The highest BCUT2D eigenvalue weighted by Crippen LogP contribution is 2.41. The maximum Gasteiger partial charge on any atom is 0.472 e. The number of hydrogen-bond donors (Lipinski definition) is 2. The number of carbonyl (C=O) groups excluding carboxylic acids is 1. The molecule has 0 radical (unpaired) electrons. The highest BCUT2D eigenvalue weighted by atomic mass is 32.1. The van der Waals surface area contributed by atoms with Crippen molar-refractivity contribution in [2.45, 2.75) is 37.8 Å². The van der Waals surface area contributed by atoms with Gasteiger partial charge in [0.2, 0.25) is 0 Å². The fourth-order valence-corrected chi connectivity index (χ4v) is 5.97. The van der Waals surface area contributed by atoms with Crippen LogP contribution in [0.2, 0.25) is 0 Å². The Hall–Kier alpha value is -4.90. The molecule has 1 amide bonds. The fourth-order valence-electron chi connectivity index (χ4n) is 5.17. The number of piperidine rings is 1. The Morgan fingerprint density at radius 2 is 1.77 bits per heavy atom. The predicted octanol–water partition coefficient (Wildman–Crippen LogP) is 7.15. The van der Waals surface area contributed by atoms with Crippen molar-refractivity contribution < 1.29 is 40.6 Å². The summed E-state index contributed by atoms with van der Waals surface area (Å²) in [4.78, 5) is 19.2. The monoisotopic (exact) mass is 691 g/mol. The van der Waals surface area contributed by atoms with Gasteiger partial charge < -0.3 is 20.1 Å². The second-order valence-electron chi connectivity index (χ2n) is 10.8.